The minimum absolute atomic E-state index is 0.0916. The average Bonchev–Trinajstić information content (AvgIpc) is 3.17. The van der Waals surface area contributed by atoms with E-state index in [0.717, 1.165) is 32.3 Å². The summed E-state index contributed by atoms with van der Waals surface area (Å²) < 4.78 is 1.14. The predicted molar refractivity (Wildman–Crippen MR) is 115 cm³/mol. The predicted octanol–water partition coefficient (Wildman–Crippen LogP) is 4.96. The maximum Gasteiger partial charge on any atom is 0.224 e. The molecule has 0 aliphatic heterocycles. The molecule has 1 heterocycles. The number of aliphatic hydroxyl groups excluding tert-OH is 1. The molecule has 1 atom stereocenters. The number of carbonyl (C=O) groups is 1. The minimum Gasteiger partial charge on any atom is -0.387 e. The molecule has 0 saturated carbocycles. The summed E-state index contributed by atoms with van der Waals surface area (Å²) in [4.78, 5) is 12.3. The lowest BCUT2D eigenvalue weighted by atomic mass is 10.0. The van der Waals surface area contributed by atoms with Crippen LogP contribution >= 0.6 is 11.3 Å². The molecule has 4 aromatic rings. The van der Waals surface area contributed by atoms with Crippen molar-refractivity contribution in [1.29, 1.82) is 0 Å². The number of fused-ring (bicyclic) bond motifs is 1. The third-order valence-corrected chi connectivity index (χ3v) is 5.77. The van der Waals surface area contributed by atoms with Crippen molar-refractivity contribution in [2.75, 3.05) is 6.54 Å². The van der Waals surface area contributed by atoms with E-state index in [4.69, 9.17) is 0 Å². The van der Waals surface area contributed by atoms with E-state index >= 15 is 0 Å². The highest BCUT2D eigenvalue weighted by molar-refractivity contribution is 7.17. The summed E-state index contributed by atoms with van der Waals surface area (Å²) in [7, 11) is 0. The van der Waals surface area contributed by atoms with E-state index in [-0.39, 0.29) is 12.5 Å². The van der Waals surface area contributed by atoms with Crippen LogP contribution in [0.4, 0.5) is 0 Å². The Morgan fingerprint density at radius 3 is 2.36 bits per heavy atom. The molecule has 4 heteroatoms. The van der Waals surface area contributed by atoms with Gasteiger partial charge in [0.15, 0.2) is 0 Å². The second-order valence-electron chi connectivity index (χ2n) is 6.75. The largest absolute Gasteiger partial charge is 0.387 e. The lowest BCUT2D eigenvalue weighted by molar-refractivity contribution is -0.120. The van der Waals surface area contributed by atoms with E-state index in [0.29, 0.717) is 6.42 Å². The fourth-order valence-corrected chi connectivity index (χ4v) is 4.28. The molecule has 3 nitrogen and oxygen atoms in total. The summed E-state index contributed by atoms with van der Waals surface area (Å²) in [5.41, 5.74) is 4.11. The normalized spacial score (nSPS) is 12.0. The quantitative estimate of drug-likeness (QED) is 0.491. The zero-order valence-electron chi connectivity index (χ0n) is 15.3. The molecule has 0 saturated heterocycles. The number of hydrogen-bond donors (Lipinski definition) is 2. The monoisotopic (exact) mass is 387 g/mol. The van der Waals surface area contributed by atoms with Crippen molar-refractivity contribution >= 4 is 27.3 Å². The second kappa shape index (κ2) is 8.38. The van der Waals surface area contributed by atoms with Gasteiger partial charge >= 0.3 is 0 Å². The summed E-state index contributed by atoms with van der Waals surface area (Å²) in [6.45, 7) is 0.210. The first-order valence-corrected chi connectivity index (χ1v) is 10.1. The first-order valence-electron chi connectivity index (χ1n) is 9.26. The van der Waals surface area contributed by atoms with Gasteiger partial charge in [-0.05, 0) is 33.5 Å². The molecule has 0 fully saturated rings. The maximum absolute atomic E-state index is 12.3. The van der Waals surface area contributed by atoms with Crippen LogP contribution in [0.1, 0.15) is 17.2 Å². The van der Waals surface area contributed by atoms with Gasteiger partial charge in [-0.3, -0.25) is 4.79 Å². The van der Waals surface area contributed by atoms with Gasteiger partial charge in [0.25, 0.3) is 0 Å². The van der Waals surface area contributed by atoms with Crippen molar-refractivity contribution < 1.29 is 9.90 Å². The molecule has 0 bridgehead atoms. The topological polar surface area (TPSA) is 49.3 Å². The van der Waals surface area contributed by atoms with Gasteiger partial charge in [-0.1, -0.05) is 72.8 Å². The number of benzene rings is 3. The fourth-order valence-electron chi connectivity index (χ4n) is 3.27. The Balaban J connectivity index is 1.34. The highest BCUT2D eigenvalue weighted by Gasteiger charge is 2.14. The van der Waals surface area contributed by atoms with Crippen LogP contribution in [0.3, 0.4) is 0 Å². The van der Waals surface area contributed by atoms with Crippen LogP contribution in [0.5, 0.6) is 0 Å². The van der Waals surface area contributed by atoms with E-state index in [1.165, 1.54) is 0 Å². The number of rotatable bonds is 6. The van der Waals surface area contributed by atoms with Gasteiger partial charge in [0, 0.05) is 16.8 Å². The molecule has 0 aliphatic rings. The van der Waals surface area contributed by atoms with Gasteiger partial charge in [-0.15, -0.1) is 11.3 Å². The van der Waals surface area contributed by atoms with Crippen molar-refractivity contribution in [2.45, 2.75) is 12.5 Å². The standard InChI is InChI=1S/C24H21NO2S/c26-22(21-16-28-23-9-5-4-8-20(21)23)15-25-24(27)14-17-10-12-19(13-11-17)18-6-2-1-3-7-18/h1-13,16,22,26H,14-15H2,(H,25,27). The molecule has 28 heavy (non-hydrogen) atoms. The van der Waals surface area contributed by atoms with E-state index in [2.05, 4.69) is 17.4 Å². The number of amides is 1. The van der Waals surface area contributed by atoms with Crippen LogP contribution in [-0.2, 0) is 11.2 Å². The van der Waals surface area contributed by atoms with Gasteiger partial charge < -0.3 is 10.4 Å². The Morgan fingerprint density at radius 2 is 1.57 bits per heavy atom. The van der Waals surface area contributed by atoms with Gasteiger partial charge in [-0.25, -0.2) is 0 Å². The summed E-state index contributed by atoms with van der Waals surface area (Å²) in [6.07, 6.45) is -0.410. The summed E-state index contributed by atoms with van der Waals surface area (Å²) in [6, 6.07) is 26.2. The lowest BCUT2D eigenvalue weighted by Crippen LogP contribution is -2.29. The van der Waals surface area contributed by atoms with Crippen LogP contribution in [-0.4, -0.2) is 17.6 Å². The smallest absolute Gasteiger partial charge is 0.224 e. The van der Waals surface area contributed by atoms with E-state index in [9.17, 15) is 9.90 Å². The van der Waals surface area contributed by atoms with Crippen LogP contribution < -0.4 is 5.32 Å². The molecule has 0 aliphatic carbocycles. The van der Waals surface area contributed by atoms with Crippen LogP contribution in [0, 0.1) is 0 Å². The number of hydrogen-bond acceptors (Lipinski definition) is 3. The fraction of sp³-hybridized carbons (Fsp3) is 0.125. The number of thiophene rings is 1. The van der Waals surface area contributed by atoms with Crippen LogP contribution in [0.15, 0.2) is 84.2 Å². The number of aliphatic hydroxyl groups is 1. The van der Waals surface area contributed by atoms with Crippen LogP contribution in [0.25, 0.3) is 21.2 Å². The average molecular weight is 388 g/mol. The van der Waals surface area contributed by atoms with Gasteiger partial charge in [0.2, 0.25) is 5.91 Å². The van der Waals surface area contributed by atoms with E-state index in [1.54, 1.807) is 11.3 Å². The molecule has 140 valence electrons. The summed E-state index contributed by atoms with van der Waals surface area (Å²) >= 11 is 1.61. The van der Waals surface area contributed by atoms with Gasteiger partial charge in [0.1, 0.15) is 0 Å². The van der Waals surface area contributed by atoms with Crippen molar-refractivity contribution in [3.05, 3.63) is 95.4 Å². The zero-order valence-corrected chi connectivity index (χ0v) is 16.2. The second-order valence-corrected chi connectivity index (χ2v) is 7.66. The minimum atomic E-state index is -0.708. The first kappa shape index (κ1) is 18.4. The molecule has 1 aromatic heterocycles. The Kier molecular flexibility index (Phi) is 5.51. The molecule has 2 N–H and O–H groups in total. The summed E-state index contributed by atoms with van der Waals surface area (Å²) in [5.74, 6) is -0.0916. The Labute approximate surface area is 168 Å². The van der Waals surface area contributed by atoms with Crippen LogP contribution in [0.2, 0.25) is 0 Å². The third-order valence-electron chi connectivity index (χ3n) is 4.79. The molecule has 1 unspecified atom stereocenters. The van der Waals surface area contributed by atoms with Crippen molar-refractivity contribution in [1.82, 2.24) is 5.32 Å². The molecule has 3 aromatic carbocycles. The lowest BCUT2D eigenvalue weighted by Gasteiger charge is -2.12. The maximum atomic E-state index is 12.3. The summed E-state index contributed by atoms with van der Waals surface area (Å²) in [5, 5.41) is 16.3. The SMILES string of the molecule is O=C(Cc1ccc(-c2ccccc2)cc1)NCC(O)c1csc2ccccc12. The molecule has 0 radical (unpaired) electrons. The molecular formula is C24H21NO2S. The molecule has 0 spiro atoms. The Hall–Kier alpha value is -2.95. The zero-order chi connectivity index (χ0) is 19.3. The van der Waals surface area contributed by atoms with Gasteiger partial charge in [-0.2, -0.15) is 0 Å². The molecule has 4 rings (SSSR count). The number of nitrogens with one attached hydrogen (secondary N) is 1. The van der Waals surface area contributed by atoms with Gasteiger partial charge in [0.05, 0.1) is 12.5 Å². The Morgan fingerprint density at radius 1 is 0.893 bits per heavy atom. The van der Waals surface area contributed by atoms with E-state index in [1.807, 2.05) is 72.1 Å². The molecule has 1 amide bonds. The highest BCUT2D eigenvalue weighted by Crippen LogP contribution is 2.29. The third kappa shape index (κ3) is 4.14. The van der Waals surface area contributed by atoms with Crippen molar-refractivity contribution in [3.63, 3.8) is 0 Å². The highest BCUT2D eigenvalue weighted by atomic mass is 32.1. The first-order chi connectivity index (χ1) is 13.7. The number of carbonyl (C=O) groups excluding carboxylic acids is 1. The molecular weight excluding hydrogens is 366 g/mol. The Bertz CT molecular complexity index is 1070. The van der Waals surface area contributed by atoms with E-state index < -0.39 is 6.10 Å². The van der Waals surface area contributed by atoms with Crippen molar-refractivity contribution in [3.8, 4) is 11.1 Å². The van der Waals surface area contributed by atoms with Crippen molar-refractivity contribution in [2.24, 2.45) is 0 Å².